The Morgan fingerprint density at radius 1 is 1.16 bits per heavy atom. The summed E-state index contributed by atoms with van der Waals surface area (Å²) in [4.78, 5) is 25.0. The van der Waals surface area contributed by atoms with Gasteiger partial charge < -0.3 is 14.0 Å². The molecule has 1 aromatic heterocycles. The molecular weight excluding hydrogens is 465 g/mol. The van der Waals surface area contributed by atoms with Crippen LogP contribution in [0.1, 0.15) is 33.7 Å². The first-order valence-electron chi connectivity index (χ1n) is 9.16. The molecule has 31 heavy (non-hydrogen) atoms. The average molecular weight is 479 g/mol. The number of Topliss-reactive ketones (excluding diaryl/α,β-unsaturated/α-hetero) is 1. The van der Waals surface area contributed by atoms with Gasteiger partial charge in [0.1, 0.15) is 17.3 Å². The Morgan fingerprint density at radius 2 is 1.97 bits per heavy atom. The normalized spacial score (nSPS) is 13.9. The van der Waals surface area contributed by atoms with Crippen LogP contribution in [0, 0.1) is 6.92 Å². The summed E-state index contributed by atoms with van der Waals surface area (Å²) in [5, 5.41) is 4.66. The summed E-state index contributed by atoms with van der Waals surface area (Å²) < 4.78 is 16.1. The van der Waals surface area contributed by atoms with Gasteiger partial charge in [-0.2, -0.15) is 0 Å². The summed E-state index contributed by atoms with van der Waals surface area (Å²) in [6.45, 7) is 1.74. The minimum atomic E-state index is -0.472. The number of esters is 1. The van der Waals surface area contributed by atoms with Crippen molar-refractivity contribution in [3.8, 4) is 11.5 Å². The summed E-state index contributed by atoms with van der Waals surface area (Å²) in [5.74, 6) is 0.435. The van der Waals surface area contributed by atoms with Crippen molar-refractivity contribution >= 4 is 52.6 Å². The number of halogens is 3. The fourth-order valence-electron chi connectivity index (χ4n) is 3.11. The third-order valence-electron chi connectivity index (χ3n) is 4.53. The number of hydrogen-bond donors (Lipinski definition) is 0. The number of allylic oxidation sites excluding steroid dienone is 1. The van der Waals surface area contributed by atoms with Crippen LogP contribution in [0.5, 0.6) is 11.5 Å². The second-order valence-electron chi connectivity index (χ2n) is 6.81. The standard InChI is InChI=1S/C22H14Cl3NO5/c1-11-6-15(29-20(27)5-4-14-10-19(25)26-31-14)9-17-21(11)22(28)18(30-17)7-12-2-3-13(23)8-16(12)24/h2-3,6-10H,4-5H2,1H3/b18-7-. The first kappa shape index (κ1) is 21.4. The quantitative estimate of drug-likeness (QED) is 0.250. The van der Waals surface area contributed by atoms with Crippen molar-refractivity contribution in [2.75, 3.05) is 0 Å². The lowest BCUT2D eigenvalue weighted by atomic mass is 10.0. The maximum absolute atomic E-state index is 12.8. The lowest BCUT2D eigenvalue weighted by Crippen LogP contribution is -2.09. The molecule has 3 aromatic rings. The predicted octanol–water partition coefficient (Wildman–Crippen LogP) is 6.10. The van der Waals surface area contributed by atoms with E-state index in [1.165, 1.54) is 12.1 Å². The number of benzene rings is 2. The maximum Gasteiger partial charge on any atom is 0.311 e. The van der Waals surface area contributed by atoms with Crippen molar-refractivity contribution in [3.05, 3.63) is 79.8 Å². The van der Waals surface area contributed by atoms with Crippen LogP contribution in [0.15, 0.2) is 46.7 Å². The van der Waals surface area contributed by atoms with Gasteiger partial charge in [0, 0.05) is 28.6 Å². The Kier molecular flexibility index (Phi) is 6.05. The molecule has 0 amide bonds. The van der Waals surface area contributed by atoms with Crippen LogP contribution < -0.4 is 9.47 Å². The van der Waals surface area contributed by atoms with Crippen LogP contribution in [0.25, 0.3) is 6.08 Å². The van der Waals surface area contributed by atoms with Crippen molar-refractivity contribution in [1.82, 2.24) is 5.16 Å². The highest BCUT2D eigenvalue weighted by Crippen LogP contribution is 2.38. The predicted molar refractivity (Wildman–Crippen MR) is 116 cm³/mol. The Bertz CT molecular complexity index is 1230. The minimum absolute atomic E-state index is 0.0711. The first-order valence-corrected chi connectivity index (χ1v) is 10.3. The maximum atomic E-state index is 12.8. The highest BCUT2D eigenvalue weighted by Gasteiger charge is 2.30. The van der Waals surface area contributed by atoms with E-state index in [0.717, 1.165) is 0 Å². The first-order chi connectivity index (χ1) is 14.8. The molecular formula is C22H14Cl3NO5. The lowest BCUT2D eigenvalue weighted by molar-refractivity contribution is -0.134. The van der Waals surface area contributed by atoms with Gasteiger partial charge in [-0.15, -0.1) is 0 Å². The minimum Gasteiger partial charge on any atom is -0.452 e. The van der Waals surface area contributed by atoms with Crippen LogP contribution in [-0.2, 0) is 11.2 Å². The number of aromatic nitrogens is 1. The fraction of sp³-hybridized carbons (Fsp3) is 0.136. The Balaban J connectivity index is 1.50. The molecule has 9 heteroatoms. The van der Waals surface area contributed by atoms with Gasteiger partial charge in [-0.25, -0.2) is 0 Å². The number of ether oxygens (including phenoxy) is 2. The fourth-order valence-corrected chi connectivity index (χ4v) is 3.73. The number of carbonyl (C=O) groups excluding carboxylic acids is 2. The van der Waals surface area contributed by atoms with Gasteiger partial charge in [0.05, 0.1) is 12.0 Å². The Labute approximate surface area is 192 Å². The van der Waals surface area contributed by atoms with Crippen molar-refractivity contribution in [3.63, 3.8) is 0 Å². The zero-order valence-electron chi connectivity index (χ0n) is 16.1. The lowest BCUT2D eigenvalue weighted by Gasteiger charge is -2.07. The summed E-state index contributed by atoms with van der Waals surface area (Å²) in [5.41, 5.74) is 1.63. The van der Waals surface area contributed by atoms with Gasteiger partial charge in [0.25, 0.3) is 0 Å². The third kappa shape index (κ3) is 4.77. The number of ketones is 1. The molecule has 2 heterocycles. The van der Waals surface area contributed by atoms with Crippen molar-refractivity contribution < 1.29 is 23.6 Å². The third-order valence-corrected chi connectivity index (χ3v) is 5.27. The number of carbonyl (C=O) groups is 2. The topological polar surface area (TPSA) is 78.6 Å². The van der Waals surface area contributed by atoms with Gasteiger partial charge in [0.15, 0.2) is 10.9 Å². The molecule has 0 saturated heterocycles. The van der Waals surface area contributed by atoms with E-state index < -0.39 is 5.97 Å². The molecule has 4 rings (SSSR count). The molecule has 0 aliphatic carbocycles. The summed E-state index contributed by atoms with van der Waals surface area (Å²) in [6.07, 6.45) is 1.92. The molecule has 0 atom stereocenters. The van der Waals surface area contributed by atoms with Crippen LogP contribution in [0.2, 0.25) is 15.2 Å². The van der Waals surface area contributed by atoms with E-state index in [2.05, 4.69) is 5.16 Å². The summed E-state index contributed by atoms with van der Waals surface area (Å²) in [7, 11) is 0. The molecule has 0 unspecified atom stereocenters. The number of hydrogen-bond acceptors (Lipinski definition) is 6. The number of rotatable bonds is 5. The van der Waals surface area contributed by atoms with Crippen LogP contribution in [0.4, 0.5) is 0 Å². The molecule has 6 nitrogen and oxygen atoms in total. The molecule has 0 radical (unpaired) electrons. The van der Waals surface area contributed by atoms with Gasteiger partial charge >= 0.3 is 5.97 Å². The molecule has 0 N–H and O–H groups in total. The van der Waals surface area contributed by atoms with Crippen molar-refractivity contribution in [2.24, 2.45) is 0 Å². The van der Waals surface area contributed by atoms with Crippen LogP contribution in [-0.4, -0.2) is 16.9 Å². The van der Waals surface area contributed by atoms with Gasteiger partial charge in [-0.05, 0) is 42.3 Å². The molecule has 0 spiro atoms. The van der Waals surface area contributed by atoms with E-state index in [0.29, 0.717) is 44.7 Å². The zero-order chi connectivity index (χ0) is 22.1. The van der Waals surface area contributed by atoms with Gasteiger partial charge in [-0.3, -0.25) is 9.59 Å². The second-order valence-corrected chi connectivity index (χ2v) is 8.04. The van der Waals surface area contributed by atoms with E-state index in [4.69, 9.17) is 48.8 Å². The molecule has 0 fully saturated rings. The number of nitrogens with zero attached hydrogens (tertiary/aromatic N) is 1. The molecule has 1 aliphatic rings. The van der Waals surface area contributed by atoms with Gasteiger partial charge in [-0.1, -0.05) is 46.0 Å². The molecule has 0 saturated carbocycles. The highest BCUT2D eigenvalue weighted by atomic mass is 35.5. The number of fused-ring (bicyclic) bond motifs is 1. The Hall–Kier alpha value is -2.80. The van der Waals surface area contributed by atoms with Crippen LogP contribution >= 0.6 is 34.8 Å². The van der Waals surface area contributed by atoms with E-state index in [1.807, 2.05) is 0 Å². The second kappa shape index (κ2) is 8.75. The van der Waals surface area contributed by atoms with Gasteiger partial charge in [0.2, 0.25) is 5.78 Å². The largest absolute Gasteiger partial charge is 0.452 e. The van der Waals surface area contributed by atoms with E-state index in [1.54, 1.807) is 37.3 Å². The SMILES string of the molecule is Cc1cc(OC(=O)CCc2cc(Cl)no2)cc2c1C(=O)/C(=C/c1ccc(Cl)cc1Cl)O2. The zero-order valence-corrected chi connectivity index (χ0v) is 18.3. The molecule has 0 bridgehead atoms. The van der Waals surface area contributed by atoms with E-state index >= 15 is 0 Å². The summed E-state index contributed by atoms with van der Waals surface area (Å²) >= 11 is 17.8. The summed E-state index contributed by atoms with van der Waals surface area (Å²) in [6, 6.07) is 9.60. The van der Waals surface area contributed by atoms with Crippen molar-refractivity contribution in [2.45, 2.75) is 19.8 Å². The Morgan fingerprint density at radius 3 is 2.68 bits per heavy atom. The van der Waals surface area contributed by atoms with Crippen molar-refractivity contribution in [1.29, 1.82) is 0 Å². The van der Waals surface area contributed by atoms with E-state index in [-0.39, 0.29) is 28.9 Å². The highest BCUT2D eigenvalue weighted by molar-refractivity contribution is 6.35. The van der Waals surface area contributed by atoms with Crippen LogP contribution in [0.3, 0.4) is 0 Å². The molecule has 158 valence electrons. The molecule has 1 aliphatic heterocycles. The van der Waals surface area contributed by atoms with E-state index in [9.17, 15) is 9.59 Å². The smallest absolute Gasteiger partial charge is 0.311 e. The number of aryl methyl sites for hydroxylation is 2. The molecule has 2 aromatic carbocycles. The monoisotopic (exact) mass is 477 g/mol. The average Bonchev–Trinajstić information content (AvgIpc) is 3.25.